The zero-order valence-electron chi connectivity index (χ0n) is 11.8. The minimum atomic E-state index is -0.643. The van der Waals surface area contributed by atoms with E-state index in [4.69, 9.17) is 10.00 Å². The van der Waals surface area contributed by atoms with E-state index in [0.29, 0.717) is 17.1 Å². The maximum Gasteiger partial charge on any atom is 0.261 e. The molecule has 0 bridgehead atoms. The molecule has 2 N–H and O–H groups in total. The molecule has 0 aliphatic rings. The number of amides is 1. The van der Waals surface area contributed by atoms with Crippen LogP contribution in [0.2, 0.25) is 0 Å². The van der Waals surface area contributed by atoms with Crippen LogP contribution in [0, 0.1) is 11.3 Å². The molecule has 1 aromatic heterocycles. The number of aromatic amines is 1. The van der Waals surface area contributed by atoms with Gasteiger partial charge in [0.15, 0.2) is 6.10 Å². The van der Waals surface area contributed by atoms with Gasteiger partial charge in [0.2, 0.25) is 0 Å². The van der Waals surface area contributed by atoms with Crippen LogP contribution in [-0.2, 0) is 4.79 Å². The number of nitrogens with one attached hydrogen (secondary N) is 2. The lowest BCUT2D eigenvalue weighted by atomic mass is 10.2. The average Bonchev–Trinajstić information content (AvgIpc) is 3.02. The zero-order valence-corrected chi connectivity index (χ0v) is 11.8. The quantitative estimate of drug-likeness (QED) is 0.877. The van der Waals surface area contributed by atoms with Gasteiger partial charge in [0.05, 0.1) is 17.7 Å². The number of H-pyrrole nitrogens is 1. The van der Waals surface area contributed by atoms with Crippen molar-refractivity contribution in [2.24, 2.45) is 0 Å². The number of hydrogen-bond donors (Lipinski definition) is 2. The number of imidazole rings is 1. The molecule has 108 valence electrons. The molecule has 0 spiro atoms. The summed E-state index contributed by atoms with van der Waals surface area (Å²) in [4.78, 5) is 19.1. The average molecular weight is 284 g/mol. The minimum absolute atomic E-state index is 0.223. The van der Waals surface area contributed by atoms with Gasteiger partial charge < -0.3 is 15.0 Å². The lowest BCUT2D eigenvalue weighted by molar-refractivity contribution is -0.128. The first-order chi connectivity index (χ1) is 10.1. The van der Waals surface area contributed by atoms with Crippen molar-refractivity contribution in [2.45, 2.75) is 26.0 Å². The number of nitriles is 1. The Balaban J connectivity index is 1.91. The number of ether oxygens (including phenoxy) is 1. The van der Waals surface area contributed by atoms with Gasteiger partial charge in [0.1, 0.15) is 11.6 Å². The van der Waals surface area contributed by atoms with Crippen LogP contribution in [0.15, 0.2) is 36.7 Å². The fraction of sp³-hybridized carbons (Fsp3) is 0.267. The summed E-state index contributed by atoms with van der Waals surface area (Å²) in [6.07, 6.45) is 2.69. The third kappa shape index (κ3) is 3.83. The van der Waals surface area contributed by atoms with Crippen LogP contribution in [0.1, 0.15) is 31.3 Å². The van der Waals surface area contributed by atoms with Crippen LogP contribution < -0.4 is 10.1 Å². The predicted octanol–water partition coefficient (Wildman–Crippen LogP) is 1.93. The number of benzene rings is 1. The molecular weight excluding hydrogens is 268 g/mol. The van der Waals surface area contributed by atoms with Gasteiger partial charge in [-0.25, -0.2) is 4.98 Å². The normalized spacial score (nSPS) is 13.0. The highest BCUT2D eigenvalue weighted by Gasteiger charge is 2.18. The molecule has 0 saturated carbocycles. The van der Waals surface area contributed by atoms with Crippen LogP contribution in [0.3, 0.4) is 0 Å². The van der Waals surface area contributed by atoms with Gasteiger partial charge in [0.25, 0.3) is 5.91 Å². The van der Waals surface area contributed by atoms with Crippen molar-refractivity contribution < 1.29 is 9.53 Å². The summed E-state index contributed by atoms with van der Waals surface area (Å²) in [6, 6.07) is 8.42. The number of rotatable bonds is 5. The fourth-order valence-electron chi connectivity index (χ4n) is 1.78. The van der Waals surface area contributed by atoms with E-state index in [-0.39, 0.29) is 11.9 Å². The molecule has 0 radical (unpaired) electrons. The Labute approximate surface area is 122 Å². The molecule has 2 atom stereocenters. The SMILES string of the molecule is CC(Oc1ccc(C#N)cc1)C(=O)NC(C)c1ncc[nH]1. The number of hydrogen-bond acceptors (Lipinski definition) is 4. The van der Waals surface area contributed by atoms with E-state index in [1.165, 1.54) is 0 Å². The molecule has 0 saturated heterocycles. The first-order valence-electron chi connectivity index (χ1n) is 6.56. The Hall–Kier alpha value is -2.81. The van der Waals surface area contributed by atoms with Gasteiger partial charge in [0, 0.05) is 12.4 Å². The maximum atomic E-state index is 12.0. The summed E-state index contributed by atoms with van der Waals surface area (Å²) < 4.78 is 5.54. The Kier molecular flexibility index (Phi) is 4.57. The molecule has 2 rings (SSSR count). The second-order valence-corrected chi connectivity index (χ2v) is 4.60. The zero-order chi connectivity index (χ0) is 15.2. The summed E-state index contributed by atoms with van der Waals surface area (Å²) in [6.45, 7) is 3.51. The van der Waals surface area contributed by atoms with Crippen molar-refractivity contribution >= 4 is 5.91 Å². The minimum Gasteiger partial charge on any atom is -0.481 e. The summed E-state index contributed by atoms with van der Waals surface area (Å²) in [5.74, 6) is 1.000. The molecule has 6 nitrogen and oxygen atoms in total. The van der Waals surface area contributed by atoms with Crippen molar-refractivity contribution in [3.8, 4) is 11.8 Å². The van der Waals surface area contributed by atoms with Gasteiger partial charge in [-0.2, -0.15) is 5.26 Å². The standard InChI is InChI=1S/C15H16N4O2/c1-10(14-17-7-8-18-14)19-15(20)11(2)21-13-5-3-12(9-16)4-6-13/h3-8,10-11H,1-2H3,(H,17,18)(H,19,20). The van der Waals surface area contributed by atoms with E-state index >= 15 is 0 Å². The fourth-order valence-corrected chi connectivity index (χ4v) is 1.78. The summed E-state index contributed by atoms with van der Waals surface area (Å²) >= 11 is 0. The molecule has 0 fully saturated rings. The first-order valence-corrected chi connectivity index (χ1v) is 6.56. The monoisotopic (exact) mass is 284 g/mol. The highest BCUT2D eigenvalue weighted by molar-refractivity contribution is 5.81. The Morgan fingerprint density at radius 1 is 1.38 bits per heavy atom. The van der Waals surface area contributed by atoms with E-state index in [9.17, 15) is 4.79 Å². The summed E-state index contributed by atoms with van der Waals surface area (Å²) in [7, 11) is 0. The van der Waals surface area contributed by atoms with Crippen molar-refractivity contribution in [1.82, 2.24) is 15.3 Å². The third-order valence-corrected chi connectivity index (χ3v) is 2.95. The highest BCUT2D eigenvalue weighted by atomic mass is 16.5. The number of nitrogens with zero attached hydrogens (tertiary/aromatic N) is 2. The van der Waals surface area contributed by atoms with Crippen LogP contribution in [0.4, 0.5) is 0 Å². The van der Waals surface area contributed by atoms with Gasteiger partial charge >= 0.3 is 0 Å². The number of carbonyl (C=O) groups excluding carboxylic acids is 1. The topological polar surface area (TPSA) is 90.8 Å². The molecule has 0 aliphatic heterocycles. The molecule has 1 aromatic carbocycles. The van der Waals surface area contributed by atoms with Crippen molar-refractivity contribution in [3.05, 3.63) is 48.0 Å². The summed E-state index contributed by atoms with van der Waals surface area (Å²) in [5.41, 5.74) is 0.547. The number of carbonyl (C=O) groups is 1. The lowest BCUT2D eigenvalue weighted by Gasteiger charge is -2.17. The van der Waals surface area contributed by atoms with Crippen LogP contribution in [-0.4, -0.2) is 22.0 Å². The van der Waals surface area contributed by atoms with E-state index in [2.05, 4.69) is 15.3 Å². The van der Waals surface area contributed by atoms with Gasteiger partial charge in [-0.15, -0.1) is 0 Å². The first kappa shape index (κ1) is 14.6. The van der Waals surface area contributed by atoms with Gasteiger partial charge in [-0.1, -0.05) is 0 Å². The Morgan fingerprint density at radius 2 is 2.10 bits per heavy atom. The molecule has 1 amide bonds. The van der Waals surface area contributed by atoms with Crippen LogP contribution in [0.5, 0.6) is 5.75 Å². The Bertz CT molecular complexity index is 629. The Morgan fingerprint density at radius 3 is 2.67 bits per heavy atom. The van der Waals surface area contributed by atoms with Gasteiger partial charge in [-0.05, 0) is 38.1 Å². The molecule has 2 aromatic rings. The molecule has 2 unspecified atom stereocenters. The van der Waals surface area contributed by atoms with Crippen LogP contribution in [0.25, 0.3) is 0 Å². The molecule has 6 heteroatoms. The van der Waals surface area contributed by atoms with Crippen molar-refractivity contribution in [1.29, 1.82) is 5.26 Å². The molecule has 21 heavy (non-hydrogen) atoms. The van der Waals surface area contributed by atoms with E-state index in [0.717, 1.165) is 0 Å². The molecular formula is C15H16N4O2. The third-order valence-electron chi connectivity index (χ3n) is 2.95. The largest absolute Gasteiger partial charge is 0.481 e. The van der Waals surface area contributed by atoms with Crippen LogP contribution >= 0.6 is 0 Å². The molecule has 0 aliphatic carbocycles. The predicted molar refractivity (Wildman–Crippen MR) is 76.4 cm³/mol. The molecule has 1 heterocycles. The highest BCUT2D eigenvalue weighted by Crippen LogP contribution is 2.14. The van der Waals surface area contributed by atoms with Gasteiger partial charge in [-0.3, -0.25) is 4.79 Å². The van der Waals surface area contributed by atoms with E-state index in [1.54, 1.807) is 43.6 Å². The van der Waals surface area contributed by atoms with E-state index < -0.39 is 6.10 Å². The van der Waals surface area contributed by atoms with Crippen molar-refractivity contribution in [3.63, 3.8) is 0 Å². The maximum absolute atomic E-state index is 12.0. The van der Waals surface area contributed by atoms with Crippen molar-refractivity contribution in [2.75, 3.05) is 0 Å². The van der Waals surface area contributed by atoms with E-state index in [1.807, 2.05) is 13.0 Å². The second kappa shape index (κ2) is 6.57. The lowest BCUT2D eigenvalue weighted by Crippen LogP contribution is -2.38. The number of aromatic nitrogens is 2. The summed E-state index contributed by atoms with van der Waals surface area (Å²) in [5, 5.41) is 11.5. The smallest absolute Gasteiger partial charge is 0.261 e. The second-order valence-electron chi connectivity index (χ2n) is 4.60.